The fourth-order valence-electron chi connectivity index (χ4n) is 2.80. The Hall–Kier alpha value is -2.63. The van der Waals surface area contributed by atoms with E-state index >= 15 is 0 Å². The normalized spacial score (nSPS) is 11.1. The van der Waals surface area contributed by atoms with Gasteiger partial charge in [-0.05, 0) is 42.9 Å². The quantitative estimate of drug-likeness (QED) is 0.745. The molecule has 0 aliphatic heterocycles. The molecule has 0 fully saturated rings. The Kier molecular flexibility index (Phi) is 5.16. The Bertz CT molecular complexity index is 838. The number of nitrogens with zero attached hydrogens (tertiary/aromatic N) is 2. The molecule has 0 aliphatic carbocycles. The highest BCUT2D eigenvalue weighted by atomic mass is 16.5. The molecule has 0 radical (unpaired) electrons. The van der Waals surface area contributed by atoms with E-state index in [1.807, 2.05) is 24.3 Å². The SMILES string of the molecule is COc1ccc(CN(C)C)c(-c2ccc(-c3cc(CN)on3)cc2)c1. The van der Waals surface area contributed by atoms with E-state index in [4.69, 9.17) is 15.0 Å². The van der Waals surface area contributed by atoms with E-state index in [-0.39, 0.29) is 0 Å². The van der Waals surface area contributed by atoms with Gasteiger partial charge >= 0.3 is 0 Å². The van der Waals surface area contributed by atoms with Crippen molar-refractivity contribution in [3.63, 3.8) is 0 Å². The summed E-state index contributed by atoms with van der Waals surface area (Å²) >= 11 is 0. The maximum absolute atomic E-state index is 5.58. The van der Waals surface area contributed by atoms with Crippen LogP contribution in [0.4, 0.5) is 0 Å². The van der Waals surface area contributed by atoms with Gasteiger partial charge in [0.25, 0.3) is 0 Å². The standard InChI is InChI=1S/C20H23N3O2/c1-23(2)13-16-8-9-17(24-3)10-19(16)14-4-6-15(7-5-14)20-11-18(12-21)25-22-20/h4-11H,12-13,21H2,1-3H3. The molecule has 0 atom stereocenters. The van der Waals surface area contributed by atoms with Crippen LogP contribution >= 0.6 is 0 Å². The molecule has 25 heavy (non-hydrogen) atoms. The fourth-order valence-corrected chi connectivity index (χ4v) is 2.80. The van der Waals surface area contributed by atoms with Gasteiger partial charge in [0, 0.05) is 18.2 Å². The predicted molar refractivity (Wildman–Crippen MR) is 99.2 cm³/mol. The molecule has 2 aromatic carbocycles. The van der Waals surface area contributed by atoms with Crippen molar-refractivity contribution in [3.8, 4) is 28.1 Å². The third-order valence-electron chi connectivity index (χ3n) is 4.06. The van der Waals surface area contributed by atoms with Crippen LogP contribution in [0, 0.1) is 0 Å². The van der Waals surface area contributed by atoms with E-state index in [1.165, 1.54) is 11.1 Å². The monoisotopic (exact) mass is 337 g/mol. The van der Waals surface area contributed by atoms with Gasteiger partial charge in [0.2, 0.25) is 0 Å². The van der Waals surface area contributed by atoms with Crippen LogP contribution in [0.5, 0.6) is 5.75 Å². The zero-order valence-corrected chi connectivity index (χ0v) is 14.8. The first-order chi connectivity index (χ1) is 12.1. The summed E-state index contributed by atoms with van der Waals surface area (Å²) in [4.78, 5) is 2.16. The van der Waals surface area contributed by atoms with Crippen molar-refractivity contribution in [2.45, 2.75) is 13.1 Å². The fraction of sp³-hybridized carbons (Fsp3) is 0.250. The number of rotatable bonds is 6. The maximum atomic E-state index is 5.58. The van der Waals surface area contributed by atoms with Crippen LogP contribution in [0.1, 0.15) is 11.3 Å². The second-order valence-electron chi connectivity index (χ2n) is 6.22. The molecular weight excluding hydrogens is 314 g/mol. The number of benzene rings is 2. The lowest BCUT2D eigenvalue weighted by molar-refractivity contribution is 0.387. The van der Waals surface area contributed by atoms with E-state index in [2.05, 4.69) is 48.4 Å². The summed E-state index contributed by atoms with van der Waals surface area (Å²) in [6.07, 6.45) is 0. The molecule has 0 unspecified atom stereocenters. The molecule has 0 aliphatic rings. The number of hydrogen-bond acceptors (Lipinski definition) is 5. The van der Waals surface area contributed by atoms with Crippen molar-refractivity contribution < 1.29 is 9.26 Å². The second kappa shape index (κ2) is 7.51. The molecule has 0 saturated heterocycles. The van der Waals surface area contributed by atoms with Crippen LogP contribution in [0.25, 0.3) is 22.4 Å². The van der Waals surface area contributed by atoms with Gasteiger partial charge in [-0.3, -0.25) is 0 Å². The summed E-state index contributed by atoms with van der Waals surface area (Å²) < 4.78 is 10.6. The van der Waals surface area contributed by atoms with Gasteiger partial charge in [-0.25, -0.2) is 0 Å². The Morgan fingerprint density at radius 2 is 1.76 bits per heavy atom. The lowest BCUT2D eigenvalue weighted by Crippen LogP contribution is -2.11. The van der Waals surface area contributed by atoms with Crippen LogP contribution in [0.2, 0.25) is 0 Å². The third-order valence-corrected chi connectivity index (χ3v) is 4.06. The van der Waals surface area contributed by atoms with Crippen molar-refractivity contribution in [1.29, 1.82) is 0 Å². The lowest BCUT2D eigenvalue weighted by atomic mass is 9.97. The van der Waals surface area contributed by atoms with Crippen LogP contribution in [-0.4, -0.2) is 31.3 Å². The highest BCUT2D eigenvalue weighted by Gasteiger charge is 2.10. The van der Waals surface area contributed by atoms with Gasteiger partial charge in [-0.1, -0.05) is 35.5 Å². The van der Waals surface area contributed by atoms with Crippen LogP contribution in [-0.2, 0) is 13.1 Å². The van der Waals surface area contributed by atoms with E-state index in [0.29, 0.717) is 12.3 Å². The molecule has 3 aromatic rings. The van der Waals surface area contributed by atoms with Gasteiger partial charge in [-0.2, -0.15) is 0 Å². The molecule has 2 N–H and O–H groups in total. The number of nitrogens with two attached hydrogens (primary N) is 1. The van der Waals surface area contributed by atoms with Gasteiger partial charge in [-0.15, -0.1) is 0 Å². The van der Waals surface area contributed by atoms with Gasteiger partial charge in [0.1, 0.15) is 11.4 Å². The highest BCUT2D eigenvalue weighted by molar-refractivity contribution is 5.72. The molecule has 1 heterocycles. The average Bonchev–Trinajstić information content (AvgIpc) is 3.11. The smallest absolute Gasteiger partial charge is 0.150 e. The van der Waals surface area contributed by atoms with E-state index in [1.54, 1.807) is 7.11 Å². The summed E-state index contributed by atoms with van der Waals surface area (Å²) in [6.45, 7) is 1.22. The zero-order valence-electron chi connectivity index (χ0n) is 14.8. The predicted octanol–water partition coefficient (Wildman–Crippen LogP) is 3.54. The summed E-state index contributed by atoms with van der Waals surface area (Å²) in [7, 11) is 5.82. The van der Waals surface area contributed by atoms with Gasteiger partial charge in [0.15, 0.2) is 5.76 Å². The molecule has 5 nitrogen and oxygen atoms in total. The van der Waals surface area contributed by atoms with Gasteiger partial charge < -0.3 is 19.9 Å². The first kappa shape index (κ1) is 17.2. The Morgan fingerprint density at radius 1 is 1.04 bits per heavy atom. The molecule has 1 aromatic heterocycles. The molecule has 0 spiro atoms. The molecule has 3 rings (SSSR count). The van der Waals surface area contributed by atoms with E-state index in [0.717, 1.165) is 29.1 Å². The largest absolute Gasteiger partial charge is 0.497 e. The van der Waals surface area contributed by atoms with Crippen molar-refractivity contribution in [2.24, 2.45) is 5.73 Å². The summed E-state index contributed by atoms with van der Waals surface area (Å²) in [5.74, 6) is 1.53. The first-order valence-corrected chi connectivity index (χ1v) is 8.19. The topological polar surface area (TPSA) is 64.5 Å². The summed E-state index contributed by atoms with van der Waals surface area (Å²) in [6, 6.07) is 16.4. The zero-order chi connectivity index (χ0) is 17.8. The molecule has 0 bridgehead atoms. The van der Waals surface area contributed by atoms with E-state index < -0.39 is 0 Å². The Balaban J connectivity index is 1.95. The van der Waals surface area contributed by atoms with Crippen molar-refractivity contribution in [2.75, 3.05) is 21.2 Å². The van der Waals surface area contributed by atoms with Gasteiger partial charge in [0.05, 0.1) is 13.7 Å². The second-order valence-corrected chi connectivity index (χ2v) is 6.22. The van der Waals surface area contributed by atoms with Crippen molar-refractivity contribution in [1.82, 2.24) is 10.1 Å². The minimum Gasteiger partial charge on any atom is -0.497 e. The Labute approximate surface area is 148 Å². The van der Waals surface area contributed by atoms with Crippen LogP contribution in [0.15, 0.2) is 53.1 Å². The summed E-state index contributed by atoms with van der Waals surface area (Å²) in [5, 5.41) is 4.06. The third kappa shape index (κ3) is 3.90. The average molecular weight is 337 g/mol. The van der Waals surface area contributed by atoms with Crippen molar-refractivity contribution in [3.05, 3.63) is 59.9 Å². The Morgan fingerprint density at radius 3 is 2.36 bits per heavy atom. The minimum atomic E-state index is 0.350. The maximum Gasteiger partial charge on any atom is 0.150 e. The first-order valence-electron chi connectivity index (χ1n) is 8.19. The molecular formula is C20H23N3O2. The number of methoxy groups -OCH3 is 1. The molecule has 0 saturated carbocycles. The number of ether oxygens (including phenoxy) is 1. The molecule has 5 heteroatoms. The van der Waals surface area contributed by atoms with Crippen LogP contribution in [0.3, 0.4) is 0 Å². The van der Waals surface area contributed by atoms with Crippen LogP contribution < -0.4 is 10.5 Å². The summed E-state index contributed by atoms with van der Waals surface area (Å²) in [5.41, 5.74) is 10.9. The number of aromatic nitrogens is 1. The minimum absolute atomic E-state index is 0.350. The lowest BCUT2D eigenvalue weighted by Gasteiger charge is -2.16. The van der Waals surface area contributed by atoms with E-state index in [9.17, 15) is 0 Å². The molecule has 0 amide bonds. The van der Waals surface area contributed by atoms with Crippen molar-refractivity contribution >= 4 is 0 Å². The molecule has 130 valence electrons. The highest BCUT2D eigenvalue weighted by Crippen LogP contribution is 2.30. The number of hydrogen-bond donors (Lipinski definition) is 1.